The molecule has 116 valence electrons. The predicted octanol–water partition coefficient (Wildman–Crippen LogP) is 2.39. The normalized spacial score (nSPS) is 24.3. The average molecular weight is 300 g/mol. The van der Waals surface area contributed by atoms with E-state index in [-0.39, 0.29) is 23.8 Å². The first-order chi connectivity index (χ1) is 10.6. The van der Waals surface area contributed by atoms with E-state index in [1.165, 1.54) is 0 Å². The van der Waals surface area contributed by atoms with Crippen LogP contribution in [0.15, 0.2) is 30.5 Å². The van der Waals surface area contributed by atoms with Gasteiger partial charge >= 0.3 is 0 Å². The Balaban J connectivity index is 1.81. The number of carbonyl (C=O) groups is 1. The molecular formula is C17H20N2O3. The predicted molar refractivity (Wildman–Crippen MR) is 84.0 cm³/mol. The van der Waals surface area contributed by atoms with Gasteiger partial charge in [-0.05, 0) is 29.5 Å². The molecule has 2 heterocycles. The standard InChI is InChI=1S/C17H20N2O3/c1-10-11(2)16(20)19-15(10)9-22-17-14-8-13(21-3)5-4-12(14)6-7-18-17/h4-8,10-11,15H,9H2,1-3H3,(H,19,20)/t10-,11-,15-/m1/s1. The summed E-state index contributed by atoms with van der Waals surface area (Å²) in [6.07, 6.45) is 1.73. The van der Waals surface area contributed by atoms with Crippen LogP contribution in [0.2, 0.25) is 0 Å². The zero-order valence-electron chi connectivity index (χ0n) is 13.0. The Labute approximate surface area is 129 Å². The second-order valence-electron chi connectivity index (χ2n) is 5.78. The van der Waals surface area contributed by atoms with E-state index < -0.39 is 0 Å². The number of rotatable bonds is 4. The van der Waals surface area contributed by atoms with Gasteiger partial charge in [0.15, 0.2) is 0 Å². The van der Waals surface area contributed by atoms with Gasteiger partial charge in [0.05, 0.1) is 13.2 Å². The number of nitrogens with one attached hydrogen (secondary N) is 1. The second-order valence-corrected chi connectivity index (χ2v) is 5.78. The molecular weight excluding hydrogens is 280 g/mol. The molecule has 0 bridgehead atoms. The molecule has 22 heavy (non-hydrogen) atoms. The Morgan fingerprint density at radius 2 is 2.09 bits per heavy atom. The van der Waals surface area contributed by atoms with Crippen LogP contribution >= 0.6 is 0 Å². The van der Waals surface area contributed by atoms with Crippen molar-refractivity contribution < 1.29 is 14.3 Å². The summed E-state index contributed by atoms with van der Waals surface area (Å²) in [6.45, 7) is 4.43. The summed E-state index contributed by atoms with van der Waals surface area (Å²) in [5, 5.41) is 4.93. The van der Waals surface area contributed by atoms with E-state index in [0.717, 1.165) is 16.5 Å². The maximum absolute atomic E-state index is 11.7. The highest BCUT2D eigenvalue weighted by atomic mass is 16.5. The van der Waals surface area contributed by atoms with Crippen LogP contribution in [-0.4, -0.2) is 30.6 Å². The van der Waals surface area contributed by atoms with Gasteiger partial charge in [0.25, 0.3) is 0 Å². The van der Waals surface area contributed by atoms with Gasteiger partial charge in [0.1, 0.15) is 12.4 Å². The topological polar surface area (TPSA) is 60.5 Å². The molecule has 0 saturated carbocycles. The second kappa shape index (κ2) is 5.83. The molecule has 0 aliphatic carbocycles. The van der Waals surface area contributed by atoms with Crippen molar-refractivity contribution in [1.29, 1.82) is 0 Å². The number of nitrogens with zero attached hydrogens (tertiary/aromatic N) is 1. The number of methoxy groups -OCH3 is 1. The summed E-state index contributed by atoms with van der Waals surface area (Å²) < 4.78 is 11.1. The van der Waals surface area contributed by atoms with E-state index in [1.54, 1.807) is 13.3 Å². The quantitative estimate of drug-likeness (QED) is 0.942. The molecule has 1 aromatic heterocycles. The number of hydrogen-bond donors (Lipinski definition) is 1. The molecule has 1 N–H and O–H groups in total. The van der Waals surface area contributed by atoms with Gasteiger partial charge in [-0.2, -0.15) is 0 Å². The van der Waals surface area contributed by atoms with Crippen LogP contribution in [0.3, 0.4) is 0 Å². The van der Waals surface area contributed by atoms with E-state index in [9.17, 15) is 4.79 Å². The van der Waals surface area contributed by atoms with Crippen molar-refractivity contribution in [2.75, 3.05) is 13.7 Å². The fraction of sp³-hybridized carbons (Fsp3) is 0.412. The summed E-state index contributed by atoms with van der Waals surface area (Å²) in [4.78, 5) is 16.0. The molecule has 1 aliphatic heterocycles. The van der Waals surface area contributed by atoms with Crippen LogP contribution in [0.5, 0.6) is 11.6 Å². The molecule has 0 radical (unpaired) electrons. The summed E-state index contributed by atoms with van der Waals surface area (Å²) in [5.41, 5.74) is 0. The highest BCUT2D eigenvalue weighted by molar-refractivity contribution is 5.88. The fourth-order valence-electron chi connectivity index (χ4n) is 2.76. The van der Waals surface area contributed by atoms with E-state index in [1.807, 2.05) is 31.2 Å². The first-order valence-electron chi connectivity index (χ1n) is 7.46. The molecule has 1 amide bonds. The first-order valence-corrected chi connectivity index (χ1v) is 7.46. The summed E-state index contributed by atoms with van der Waals surface area (Å²) in [5.74, 6) is 1.69. The average Bonchev–Trinajstić information content (AvgIpc) is 2.79. The van der Waals surface area contributed by atoms with Gasteiger partial charge < -0.3 is 14.8 Å². The number of hydrogen-bond acceptors (Lipinski definition) is 4. The first kappa shape index (κ1) is 14.6. The van der Waals surface area contributed by atoms with E-state index in [4.69, 9.17) is 9.47 Å². The molecule has 0 unspecified atom stereocenters. The molecule has 1 aromatic carbocycles. The smallest absolute Gasteiger partial charge is 0.223 e. The Bertz CT molecular complexity index is 701. The lowest BCUT2D eigenvalue weighted by Gasteiger charge is -2.17. The maximum Gasteiger partial charge on any atom is 0.223 e. The number of carbonyl (C=O) groups excluding carboxylic acids is 1. The molecule has 3 atom stereocenters. The fourth-order valence-corrected chi connectivity index (χ4v) is 2.76. The molecule has 1 saturated heterocycles. The number of ether oxygens (including phenoxy) is 2. The van der Waals surface area contributed by atoms with Crippen LogP contribution in [0.1, 0.15) is 13.8 Å². The van der Waals surface area contributed by atoms with Crippen LogP contribution in [0, 0.1) is 11.8 Å². The monoisotopic (exact) mass is 300 g/mol. The third-order valence-corrected chi connectivity index (χ3v) is 4.50. The minimum atomic E-state index is 0.0187. The summed E-state index contributed by atoms with van der Waals surface area (Å²) in [6, 6.07) is 7.75. The molecule has 1 fully saturated rings. The van der Waals surface area contributed by atoms with Crippen molar-refractivity contribution >= 4 is 16.7 Å². The van der Waals surface area contributed by atoms with Crippen LogP contribution in [0.25, 0.3) is 10.8 Å². The van der Waals surface area contributed by atoms with Crippen molar-refractivity contribution in [3.63, 3.8) is 0 Å². The summed E-state index contributed by atoms with van der Waals surface area (Å²) in [7, 11) is 1.63. The van der Waals surface area contributed by atoms with Crippen molar-refractivity contribution in [3.8, 4) is 11.6 Å². The van der Waals surface area contributed by atoms with Gasteiger partial charge in [-0.1, -0.05) is 19.9 Å². The molecule has 3 rings (SSSR count). The zero-order chi connectivity index (χ0) is 15.7. The molecule has 5 nitrogen and oxygen atoms in total. The highest BCUT2D eigenvalue weighted by Crippen LogP contribution is 2.28. The lowest BCUT2D eigenvalue weighted by Crippen LogP contribution is -2.34. The van der Waals surface area contributed by atoms with Crippen molar-refractivity contribution in [2.24, 2.45) is 11.8 Å². The van der Waals surface area contributed by atoms with Crippen molar-refractivity contribution in [3.05, 3.63) is 30.5 Å². The van der Waals surface area contributed by atoms with Crippen LogP contribution < -0.4 is 14.8 Å². The van der Waals surface area contributed by atoms with E-state index in [2.05, 4.69) is 17.2 Å². The Hall–Kier alpha value is -2.30. The molecule has 2 aromatic rings. The minimum absolute atomic E-state index is 0.0187. The number of benzene rings is 1. The number of amides is 1. The Morgan fingerprint density at radius 3 is 2.77 bits per heavy atom. The van der Waals surface area contributed by atoms with Gasteiger partial charge in [-0.3, -0.25) is 4.79 Å². The Kier molecular flexibility index (Phi) is 3.88. The number of aromatic nitrogens is 1. The number of fused-ring (bicyclic) bond motifs is 1. The van der Waals surface area contributed by atoms with E-state index >= 15 is 0 Å². The third-order valence-electron chi connectivity index (χ3n) is 4.50. The van der Waals surface area contributed by atoms with Gasteiger partial charge in [0.2, 0.25) is 11.8 Å². The van der Waals surface area contributed by atoms with Gasteiger partial charge in [-0.15, -0.1) is 0 Å². The lowest BCUT2D eigenvalue weighted by atomic mass is 9.94. The molecule has 0 spiro atoms. The highest BCUT2D eigenvalue weighted by Gasteiger charge is 2.36. The maximum atomic E-state index is 11.7. The number of pyridine rings is 1. The van der Waals surface area contributed by atoms with Crippen LogP contribution in [0.4, 0.5) is 0 Å². The van der Waals surface area contributed by atoms with E-state index in [0.29, 0.717) is 12.5 Å². The van der Waals surface area contributed by atoms with Gasteiger partial charge in [-0.25, -0.2) is 4.98 Å². The molecule has 1 aliphatic rings. The third kappa shape index (κ3) is 2.58. The van der Waals surface area contributed by atoms with Crippen molar-refractivity contribution in [2.45, 2.75) is 19.9 Å². The van der Waals surface area contributed by atoms with Gasteiger partial charge in [0, 0.05) is 17.5 Å². The summed E-state index contributed by atoms with van der Waals surface area (Å²) >= 11 is 0. The zero-order valence-corrected chi connectivity index (χ0v) is 13.0. The minimum Gasteiger partial charge on any atom is -0.497 e. The Morgan fingerprint density at radius 1 is 1.27 bits per heavy atom. The largest absolute Gasteiger partial charge is 0.497 e. The van der Waals surface area contributed by atoms with Crippen molar-refractivity contribution in [1.82, 2.24) is 10.3 Å². The van der Waals surface area contributed by atoms with Crippen LogP contribution in [-0.2, 0) is 4.79 Å². The molecule has 5 heteroatoms. The SMILES string of the molecule is COc1ccc2ccnc(OC[C@H]3NC(=O)[C@H](C)[C@H]3C)c2c1. The lowest BCUT2D eigenvalue weighted by molar-refractivity contribution is -0.122.